The number of alkyl carbamates (subject to hydrolysis) is 1. The number of rotatable bonds is 7. The van der Waals surface area contributed by atoms with Gasteiger partial charge in [-0.2, -0.15) is 0 Å². The Bertz CT molecular complexity index is 697. The van der Waals surface area contributed by atoms with Gasteiger partial charge in [-0.05, 0) is 12.1 Å². The summed E-state index contributed by atoms with van der Waals surface area (Å²) in [5, 5.41) is 12.0. The van der Waals surface area contributed by atoms with Crippen LogP contribution in [0.3, 0.4) is 0 Å². The molecule has 1 saturated heterocycles. The van der Waals surface area contributed by atoms with Crippen LogP contribution < -0.4 is 14.8 Å². The minimum absolute atomic E-state index is 0.193. The molecule has 1 aliphatic heterocycles. The average molecular weight is 442 g/mol. The maximum Gasteiger partial charge on any atom is 0.408 e. The molecule has 11 heteroatoms. The Morgan fingerprint density at radius 3 is 2.56 bits per heavy atom. The van der Waals surface area contributed by atoms with Gasteiger partial charge in [-0.3, -0.25) is 4.79 Å². The smallest absolute Gasteiger partial charge is 0.408 e. The van der Waals surface area contributed by atoms with E-state index < -0.39 is 28.6 Å². The molecule has 0 spiro atoms. The Morgan fingerprint density at radius 1 is 1.30 bits per heavy atom. The fourth-order valence-corrected chi connectivity index (χ4v) is 2.81. The van der Waals surface area contributed by atoms with Crippen LogP contribution in [0.15, 0.2) is 18.2 Å². The molecule has 8 nitrogen and oxygen atoms in total. The van der Waals surface area contributed by atoms with Crippen molar-refractivity contribution in [3.63, 3.8) is 0 Å². The van der Waals surface area contributed by atoms with Crippen molar-refractivity contribution in [2.24, 2.45) is 0 Å². The summed E-state index contributed by atoms with van der Waals surface area (Å²) in [6.07, 6.45) is -0.917. The molecule has 0 bridgehead atoms. The number of methoxy groups -OCH3 is 2. The van der Waals surface area contributed by atoms with Crippen molar-refractivity contribution < 1.29 is 28.9 Å². The average Bonchev–Trinajstić information content (AvgIpc) is 2.64. The highest BCUT2D eigenvalue weighted by Gasteiger charge is 2.48. The highest BCUT2D eigenvalue weighted by Crippen LogP contribution is 2.30. The van der Waals surface area contributed by atoms with Crippen LogP contribution in [0.2, 0.25) is 0 Å². The van der Waals surface area contributed by atoms with E-state index in [1.165, 1.54) is 19.1 Å². The zero-order valence-corrected chi connectivity index (χ0v) is 16.8. The van der Waals surface area contributed by atoms with Crippen LogP contribution in [0.5, 0.6) is 11.5 Å². The number of likely N-dealkylation sites (tertiary alicyclic amines) is 1. The van der Waals surface area contributed by atoms with E-state index >= 15 is 0 Å². The third-order valence-electron chi connectivity index (χ3n) is 4.00. The topological polar surface area (TPSA) is 97.3 Å². The predicted molar refractivity (Wildman–Crippen MR) is 99.5 cm³/mol. The Labute approximate surface area is 171 Å². The summed E-state index contributed by atoms with van der Waals surface area (Å²) in [7, 11) is 3.04. The van der Waals surface area contributed by atoms with Crippen molar-refractivity contribution in [1.29, 1.82) is 0 Å². The number of β-lactam (4-membered cyclic amide) rings is 1. The van der Waals surface area contributed by atoms with E-state index in [1.807, 2.05) is 0 Å². The molecule has 2 atom stereocenters. The number of ether oxygens (including phenoxy) is 3. The van der Waals surface area contributed by atoms with E-state index in [2.05, 4.69) is 5.32 Å². The number of halogens is 3. The number of hydrogen-bond acceptors (Lipinski definition) is 6. The van der Waals surface area contributed by atoms with Gasteiger partial charge in [-0.15, -0.1) is 0 Å². The summed E-state index contributed by atoms with van der Waals surface area (Å²) in [6.45, 7) is -0.626. The van der Waals surface area contributed by atoms with E-state index in [1.54, 1.807) is 18.2 Å². The van der Waals surface area contributed by atoms with Gasteiger partial charge in [0.05, 0.1) is 26.9 Å². The molecule has 1 aromatic carbocycles. The van der Waals surface area contributed by atoms with Gasteiger partial charge in [0.2, 0.25) is 9.70 Å². The van der Waals surface area contributed by atoms with Crippen molar-refractivity contribution in [3.05, 3.63) is 23.8 Å². The SMILES string of the molecule is COc1ccc(CN2C(=O)[C@H](NC(=O)OCC(Cl)(Cl)Cl)[C@@H]2CO)c(OC)c1. The molecular formula is C16H19Cl3N2O6. The Kier molecular flexibility index (Phi) is 7.27. The monoisotopic (exact) mass is 440 g/mol. The van der Waals surface area contributed by atoms with Crippen LogP contribution in [0, 0.1) is 0 Å². The lowest BCUT2D eigenvalue weighted by Crippen LogP contribution is -2.71. The van der Waals surface area contributed by atoms with E-state index in [9.17, 15) is 14.7 Å². The van der Waals surface area contributed by atoms with Crippen molar-refractivity contribution >= 4 is 46.8 Å². The third-order valence-corrected chi connectivity index (χ3v) is 4.32. The minimum Gasteiger partial charge on any atom is -0.497 e. The predicted octanol–water partition coefficient (Wildman–Crippen LogP) is 1.87. The quantitative estimate of drug-likeness (QED) is 0.495. The molecule has 2 amide bonds. The Morgan fingerprint density at radius 2 is 2.00 bits per heavy atom. The third kappa shape index (κ3) is 5.44. The molecule has 0 aliphatic carbocycles. The largest absolute Gasteiger partial charge is 0.497 e. The van der Waals surface area contributed by atoms with Gasteiger partial charge in [0.25, 0.3) is 0 Å². The second-order valence-electron chi connectivity index (χ2n) is 5.71. The van der Waals surface area contributed by atoms with Crippen LogP contribution >= 0.6 is 34.8 Å². The van der Waals surface area contributed by atoms with Crippen LogP contribution in [0.1, 0.15) is 5.56 Å². The molecular weight excluding hydrogens is 423 g/mol. The number of hydrogen-bond donors (Lipinski definition) is 2. The van der Waals surface area contributed by atoms with Gasteiger partial charge < -0.3 is 29.5 Å². The van der Waals surface area contributed by atoms with Gasteiger partial charge in [-0.25, -0.2) is 4.79 Å². The summed E-state index contributed by atoms with van der Waals surface area (Å²) in [5.41, 5.74) is 0.724. The number of nitrogens with one attached hydrogen (secondary N) is 1. The number of carbonyl (C=O) groups excluding carboxylic acids is 2. The van der Waals surface area contributed by atoms with Gasteiger partial charge in [0, 0.05) is 18.2 Å². The van der Waals surface area contributed by atoms with Crippen molar-refractivity contribution in [2.45, 2.75) is 22.4 Å². The highest BCUT2D eigenvalue weighted by atomic mass is 35.6. The molecule has 2 N–H and O–H groups in total. The standard InChI is InChI=1S/C16H19Cl3N2O6/c1-25-10-4-3-9(12(5-10)26-2)6-21-11(7-22)13(14(21)23)20-15(24)27-8-16(17,18)19/h3-5,11,13,22H,6-8H2,1-2H3,(H,20,24)/t11-,13+/m0/s1. The zero-order valence-electron chi connectivity index (χ0n) is 14.6. The second-order valence-corrected chi connectivity index (χ2v) is 8.22. The van der Waals surface area contributed by atoms with Gasteiger partial charge >= 0.3 is 6.09 Å². The number of carbonyl (C=O) groups is 2. The number of amides is 2. The lowest BCUT2D eigenvalue weighted by atomic mass is 9.94. The molecule has 27 heavy (non-hydrogen) atoms. The first-order valence-electron chi connectivity index (χ1n) is 7.82. The zero-order chi connectivity index (χ0) is 20.2. The first kappa shape index (κ1) is 21.7. The molecule has 0 saturated carbocycles. The molecule has 0 unspecified atom stereocenters. The second kappa shape index (κ2) is 9.05. The summed E-state index contributed by atoms with van der Waals surface area (Å²) in [6, 6.07) is 3.64. The Hall–Kier alpha value is -1.61. The molecule has 1 fully saturated rings. The highest BCUT2D eigenvalue weighted by molar-refractivity contribution is 6.67. The van der Waals surface area contributed by atoms with Crippen LogP contribution in [-0.2, 0) is 16.1 Å². The van der Waals surface area contributed by atoms with Crippen LogP contribution in [-0.4, -0.2) is 65.3 Å². The maximum atomic E-state index is 12.4. The number of alkyl halides is 3. The van der Waals surface area contributed by atoms with E-state index in [0.29, 0.717) is 11.5 Å². The normalized spacial score (nSPS) is 19.3. The van der Waals surface area contributed by atoms with Crippen LogP contribution in [0.4, 0.5) is 4.79 Å². The lowest BCUT2D eigenvalue weighted by Gasteiger charge is -2.46. The molecule has 1 aliphatic rings. The van der Waals surface area contributed by atoms with Crippen molar-refractivity contribution in [1.82, 2.24) is 10.2 Å². The van der Waals surface area contributed by atoms with Gasteiger partial charge in [0.1, 0.15) is 24.1 Å². The number of nitrogens with zero attached hydrogens (tertiary/aromatic N) is 1. The van der Waals surface area contributed by atoms with Crippen LogP contribution in [0.25, 0.3) is 0 Å². The van der Waals surface area contributed by atoms with Crippen molar-refractivity contribution in [2.75, 3.05) is 27.4 Å². The van der Waals surface area contributed by atoms with Gasteiger partial charge in [-0.1, -0.05) is 34.8 Å². The summed E-state index contributed by atoms with van der Waals surface area (Å²) in [5.74, 6) is 0.774. The summed E-state index contributed by atoms with van der Waals surface area (Å²) in [4.78, 5) is 25.6. The number of aliphatic hydroxyl groups excluding tert-OH is 1. The lowest BCUT2D eigenvalue weighted by molar-refractivity contribution is -0.154. The molecule has 2 rings (SSSR count). The molecule has 1 aromatic rings. The molecule has 0 aromatic heterocycles. The molecule has 1 heterocycles. The summed E-state index contributed by atoms with van der Waals surface area (Å²) < 4.78 is 13.4. The van der Waals surface area contributed by atoms with E-state index in [-0.39, 0.29) is 19.1 Å². The van der Waals surface area contributed by atoms with Gasteiger partial charge in [0.15, 0.2) is 0 Å². The first-order valence-corrected chi connectivity index (χ1v) is 8.95. The maximum absolute atomic E-state index is 12.4. The first-order chi connectivity index (χ1) is 12.7. The molecule has 0 radical (unpaired) electrons. The van der Waals surface area contributed by atoms with Crippen molar-refractivity contribution in [3.8, 4) is 11.5 Å². The minimum atomic E-state index is -1.76. The fraction of sp³-hybridized carbons (Fsp3) is 0.500. The number of benzene rings is 1. The van der Waals surface area contributed by atoms with E-state index in [4.69, 9.17) is 49.0 Å². The van der Waals surface area contributed by atoms with E-state index in [0.717, 1.165) is 5.56 Å². The number of aliphatic hydroxyl groups is 1. The molecule has 150 valence electrons. The fourth-order valence-electron chi connectivity index (χ4n) is 2.64. The summed E-state index contributed by atoms with van der Waals surface area (Å²) >= 11 is 16.5. The Balaban J connectivity index is 2.01.